The molecule has 0 saturated heterocycles. The van der Waals surface area contributed by atoms with Gasteiger partial charge in [-0.05, 0) is 32.9 Å². The van der Waals surface area contributed by atoms with Gasteiger partial charge in [-0.1, -0.05) is 18.2 Å². The van der Waals surface area contributed by atoms with Crippen molar-refractivity contribution in [1.29, 1.82) is 0 Å². The molecule has 1 aromatic heterocycles. The van der Waals surface area contributed by atoms with Crippen LogP contribution in [0.4, 0.5) is 17.2 Å². The van der Waals surface area contributed by atoms with Crippen LogP contribution in [0, 0.1) is 0 Å². The van der Waals surface area contributed by atoms with E-state index in [1.807, 2.05) is 49.1 Å². The molecule has 0 fully saturated rings. The molecule has 20 heavy (non-hydrogen) atoms. The predicted molar refractivity (Wildman–Crippen MR) is 81.3 cm³/mol. The smallest absolute Gasteiger partial charge is 0.242 e. The molecule has 0 saturated carbocycles. The highest BCUT2D eigenvalue weighted by Crippen LogP contribution is 2.32. The van der Waals surface area contributed by atoms with Gasteiger partial charge in [0.2, 0.25) is 5.88 Å². The first-order valence-electron chi connectivity index (χ1n) is 6.73. The molecule has 0 atom stereocenters. The average molecular weight is 272 g/mol. The molecule has 0 aliphatic heterocycles. The fourth-order valence-electron chi connectivity index (χ4n) is 1.97. The Morgan fingerprint density at radius 1 is 1.20 bits per heavy atom. The van der Waals surface area contributed by atoms with Crippen molar-refractivity contribution in [3.8, 4) is 5.88 Å². The number of para-hydroxylation sites is 1. The van der Waals surface area contributed by atoms with Gasteiger partial charge in [0, 0.05) is 12.2 Å². The Morgan fingerprint density at radius 3 is 2.50 bits per heavy atom. The Bertz CT molecular complexity index is 557. The minimum atomic E-state index is 0.0202. The zero-order valence-electron chi connectivity index (χ0n) is 12.1. The van der Waals surface area contributed by atoms with E-state index in [1.54, 1.807) is 0 Å². The highest BCUT2D eigenvalue weighted by Gasteiger charge is 2.16. The maximum atomic E-state index is 6.15. The summed E-state index contributed by atoms with van der Waals surface area (Å²) in [5, 5.41) is 0. The molecule has 0 aliphatic carbocycles. The summed E-state index contributed by atoms with van der Waals surface area (Å²) >= 11 is 0. The van der Waals surface area contributed by atoms with Crippen molar-refractivity contribution in [3.05, 3.63) is 36.7 Å². The van der Waals surface area contributed by atoms with E-state index in [9.17, 15) is 0 Å². The van der Waals surface area contributed by atoms with E-state index < -0.39 is 0 Å². The minimum Gasteiger partial charge on any atom is -0.473 e. The molecule has 1 heterocycles. The molecule has 2 N–H and O–H groups in total. The third-order valence-corrected chi connectivity index (χ3v) is 2.81. The molecule has 1 aromatic carbocycles. The Balaban J connectivity index is 2.40. The lowest BCUT2D eigenvalue weighted by molar-refractivity contribution is 0.234. The van der Waals surface area contributed by atoms with Crippen LogP contribution < -0.4 is 15.4 Å². The normalized spacial score (nSPS) is 10.6. The monoisotopic (exact) mass is 272 g/mol. The van der Waals surface area contributed by atoms with Crippen LogP contribution in [0.25, 0.3) is 0 Å². The van der Waals surface area contributed by atoms with Crippen LogP contribution in [0.5, 0.6) is 5.88 Å². The van der Waals surface area contributed by atoms with Gasteiger partial charge in [0.05, 0.1) is 6.10 Å². The number of hydrogen-bond donors (Lipinski definition) is 1. The first-order chi connectivity index (χ1) is 9.63. The van der Waals surface area contributed by atoms with Crippen LogP contribution in [-0.2, 0) is 0 Å². The summed E-state index contributed by atoms with van der Waals surface area (Å²) in [7, 11) is 0. The predicted octanol–water partition coefficient (Wildman–Crippen LogP) is 3.00. The molecule has 0 aliphatic rings. The molecule has 5 nitrogen and oxygen atoms in total. The largest absolute Gasteiger partial charge is 0.473 e. The lowest BCUT2D eigenvalue weighted by Crippen LogP contribution is -2.20. The quantitative estimate of drug-likeness (QED) is 0.906. The number of nitrogens with two attached hydrogens (primary N) is 1. The zero-order chi connectivity index (χ0) is 14.5. The van der Waals surface area contributed by atoms with Gasteiger partial charge in [0.1, 0.15) is 12.0 Å². The van der Waals surface area contributed by atoms with Crippen molar-refractivity contribution in [2.75, 3.05) is 17.2 Å². The highest BCUT2D eigenvalue weighted by molar-refractivity contribution is 5.74. The minimum absolute atomic E-state index is 0.0202. The van der Waals surface area contributed by atoms with Crippen molar-refractivity contribution in [1.82, 2.24) is 9.97 Å². The molecule has 0 radical (unpaired) electrons. The number of rotatable bonds is 5. The third kappa shape index (κ3) is 2.99. The molecule has 0 unspecified atom stereocenters. The van der Waals surface area contributed by atoms with Gasteiger partial charge in [-0.15, -0.1) is 0 Å². The van der Waals surface area contributed by atoms with E-state index in [0.29, 0.717) is 17.4 Å². The molecule has 106 valence electrons. The summed E-state index contributed by atoms with van der Waals surface area (Å²) in [6.45, 7) is 6.69. The Hall–Kier alpha value is -2.30. The van der Waals surface area contributed by atoms with Crippen LogP contribution in [-0.4, -0.2) is 22.6 Å². The van der Waals surface area contributed by atoms with E-state index in [-0.39, 0.29) is 6.10 Å². The third-order valence-electron chi connectivity index (χ3n) is 2.81. The molecule has 5 heteroatoms. The summed E-state index contributed by atoms with van der Waals surface area (Å²) in [4.78, 5) is 10.4. The number of anilines is 3. The SMILES string of the molecule is CCN(c1ccccc1)c1ncnc(OC(C)C)c1N. The van der Waals surface area contributed by atoms with Crippen molar-refractivity contribution in [2.45, 2.75) is 26.9 Å². The van der Waals surface area contributed by atoms with Gasteiger partial charge in [-0.2, -0.15) is 4.98 Å². The fraction of sp³-hybridized carbons (Fsp3) is 0.333. The van der Waals surface area contributed by atoms with Gasteiger partial charge in [-0.25, -0.2) is 4.98 Å². The van der Waals surface area contributed by atoms with Gasteiger partial charge >= 0.3 is 0 Å². The van der Waals surface area contributed by atoms with E-state index >= 15 is 0 Å². The van der Waals surface area contributed by atoms with Crippen LogP contribution in [0.3, 0.4) is 0 Å². The molecular weight excluding hydrogens is 252 g/mol. The Morgan fingerprint density at radius 2 is 1.90 bits per heavy atom. The zero-order valence-corrected chi connectivity index (χ0v) is 12.1. The standard InChI is InChI=1S/C15H20N4O/c1-4-19(12-8-6-5-7-9-12)14-13(16)15(18-10-17-14)20-11(2)3/h5-11H,4,16H2,1-3H3. The van der Waals surface area contributed by atoms with Gasteiger partial charge in [0.15, 0.2) is 5.82 Å². The molecule has 2 rings (SSSR count). The molecular formula is C15H20N4O. The van der Waals surface area contributed by atoms with Crippen molar-refractivity contribution in [3.63, 3.8) is 0 Å². The molecule has 2 aromatic rings. The molecule has 0 bridgehead atoms. The van der Waals surface area contributed by atoms with E-state index in [4.69, 9.17) is 10.5 Å². The maximum Gasteiger partial charge on any atom is 0.242 e. The fourth-order valence-corrected chi connectivity index (χ4v) is 1.97. The second-order valence-corrected chi connectivity index (χ2v) is 4.66. The van der Waals surface area contributed by atoms with Gasteiger partial charge < -0.3 is 15.4 Å². The van der Waals surface area contributed by atoms with Crippen molar-refractivity contribution in [2.24, 2.45) is 0 Å². The van der Waals surface area contributed by atoms with Gasteiger partial charge in [-0.3, -0.25) is 0 Å². The first-order valence-corrected chi connectivity index (χ1v) is 6.73. The number of ether oxygens (including phenoxy) is 1. The highest BCUT2D eigenvalue weighted by atomic mass is 16.5. The van der Waals surface area contributed by atoms with Crippen LogP contribution in [0.15, 0.2) is 36.7 Å². The second kappa shape index (κ2) is 6.23. The average Bonchev–Trinajstić information content (AvgIpc) is 2.44. The lowest BCUT2D eigenvalue weighted by atomic mass is 10.2. The van der Waals surface area contributed by atoms with Crippen LogP contribution in [0.1, 0.15) is 20.8 Å². The summed E-state index contributed by atoms with van der Waals surface area (Å²) in [5.74, 6) is 1.10. The summed E-state index contributed by atoms with van der Waals surface area (Å²) < 4.78 is 5.61. The summed E-state index contributed by atoms with van der Waals surface area (Å²) in [6, 6.07) is 10.00. The van der Waals surface area contributed by atoms with Crippen LogP contribution >= 0.6 is 0 Å². The number of nitrogens with zero attached hydrogens (tertiary/aromatic N) is 3. The maximum absolute atomic E-state index is 6.15. The molecule has 0 spiro atoms. The van der Waals surface area contributed by atoms with Crippen molar-refractivity contribution < 1.29 is 4.74 Å². The first kappa shape index (κ1) is 14.1. The van der Waals surface area contributed by atoms with E-state index in [2.05, 4.69) is 16.9 Å². The summed E-state index contributed by atoms with van der Waals surface area (Å²) in [6.07, 6.45) is 1.50. The van der Waals surface area contributed by atoms with E-state index in [0.717, 1.165) is 12.2 Å². The number of nitrogen functional groups attached to an aromatic ring is 1. The van der Waals surface area contributed by atoms with E-state index in [1.165, 1.54) is 6.33 Å². The number of hydrogen-bond acceptors (Lipinski definition) is 5. The second-order valence-electron chi connectivity index (χ2n) is 4.66. The number of aromatic nitrogens is 2. The Kier molecular flexibility index (Phi) is 4.40. The van der Waals surface area contributed by atoms with Crippen molar-refractivity contribution >= 4 is 17.2 Å². The Labute approximate surface area is 119 Å². The molecule has 0 amide bonds. The van der Waals surface area contributed by atoms with Crippen LogP contribution in [0.2, 0.25) is 0 Å². The number of benzene rings is 1. The lowest BCUT2D eigenvalue weighted by Gasteiger charge is -2.24. The van der Waals surface area contributed by atoms with Gasteiger partial charge in [0.25, 0.3) is 0 Å². The topological polar surface area (TPSA) is 64.3 Å². The summed E-state index contributed by atoms with van der Waals surface area (Å²) in [5.41, 5.74) is 7.66.